The molecule has 1 saturated heterocycles. The molecule has 0 spiro atoms. The quantitative estimate of drug-likeness (QED) is 0.837. The molecule has 1 fully saturated rings. The van der Waals surface area contributed by atoms with E-state index in [9.17, 15) is 4.79 Å². The van der Waals surface area contributed by atoms with Crippen molar-refractivity contribution >= 4 is 22.6 Å². The molecule has 1 aromatic rings. The summed E-state index contributed by atoms with van der Waals surface area (Å²) in [5.41, 5.74) is 0.977. The number of likely N-dealkylation sites (tertiary alicyclic amines) is 1. The third kappa shape index (κ3) is 3.77. The van der Waals surface area contributed by atoms with E-state index in [0.717, 1.165) is 43.3 Å². The van der Waals surface area contributed by atoms with Crippen molar-refractivity contribution in [2.75, 3.05) is 32.1 Å². The van der Waals surface area contributed by atoms with Gasteiger partial charge in [0.05, 0.1) is 7.11 Å². The molecule has 1 aliphatic rings. The first-order chi connectivity index (χ1) is 9.22. The summed E-state index contributed by atoms with van der Waals surface area (Å²) in [6.45, 7) is 5.44. The Morgan fingerprint density at radius 3 is 3.21 bits per heavy atom. The van der Waals surface area contributed by atoms with Gasteiger partial charge in [0, 0.05) is 43.8 Å². The number of nitrogens with one attached hydrogen (secondary N) is 2. The number of nitrogens with zero attached hydrogens (tertiary/aromatic N) is 3. The Hall–Kier alpha value is -1.41. The van der Waals surface area contributed by atoms with E-state index in [1.165, 1.54) is 18.6 Å². The van der Waals surface area contributed by atoms with Crippen LogP contribution in [0.1, 0.15) is 19.0 Å². The molecule has 19 heavy (non-hydrogen) atoms. The van der Waals surface area contributed by atoms with Crippen molar-refractivity contribution in [1.29, 1.82) is 0 Å². The summed E-state index contributed by atoms with van der Waals surface area (Å²) in [4.78, 5) is 13.4. The first-order valence-corrected chi connectivity index (χ1v) is 7.12. The zero-order valence-electron chi connectivity index (χ0n) is 11.2. The summed E-state index contributed by atoms with van der Waals surface area (Å²) in [5.74, 6) is 0. The third-order valence-corrected chi connectivity index (χ3v) is 3.77. The van der Waals surface area contributed by atoms with Crippen molar-refractivity contribution < 1.29 is 9.53 Å². The lowest BCUT2D eigenvalue weighted by Crippen LogP contribution is -2.36. The molecule has 2 N–H and O–H groups in total. The van der Waals surface area contributed by atoms with Gasteiger partial charge in [-0.2, -0.15) is 0 Å². The molecule has 0 radical (unpaired) electrons. The molecule has 0 aromatic carbocycles. The second-order valence-corrected chi connectivity index (χ2v) is 5.19. The largest absolute Gasteiger partial charge is 0.453 e. The van der Waals surface area contributed by atoms with E-state index in [4.69, 9.17) is 0 Å². The van der Waals surface area contributed by atoms with Gasteiger partial charge in [-0.05, 0) is 13.3 Å². The van der Waals surface area contributed by atoms with Crippen LogP contribution in [0.4, 0.5) is 9.80 Å². The van der Waals surface area contributed by atoms with Crippen LogP contribution in [-0.4, -0.2) is 53.4 Å². The Kier molecular flexibility index (Phi) is 4.92. The minimum Gasteiger partial charge on any atom is -0.453 e. The average Bonchev–Trinajstić information content (AvgIpc) is 3.01. The predicted molar refractivity (Wildman–Crippen MR) is 73.3 cm³/mol. The van der Waals surface area contributed by atoms with Gasteiger partial charge in [-0.1, -0.05) is 4.49 Å². The van der Waals surface area contributed by atoms with Crippen LogP contribution >= 0.6 is 11.5 Å². The van der Waals surface area contributed by atoms with E-state index >= 15 is 0 Å². The van der Waals surface area contributed by atoms with Gasteiger partial charge in [-0.15, -0.1) is 5.10 Å². The van der Waals surface area contributed by atoms with Gasteiger partial charge in [-0.25, -0.2) is 4.79 Å². The fraction of sp³-hybridized carbons (Fsp3) is 0.727. The van der Waals surface area contributed by atoms with Gasteiger partial charge in [0.1, 0.15) is 10.7 Å². The number of methoxy groups -OCH3 is 1. The van der Waals surface area contributed by atoms with E-state index in [-0.39, 0.29) is 12.1 Å². The summed E-state index contributed by atoms with van der Waals surface area (Å²) < 4.78 is 8.58. The van der Waals surface area contributed by atoms with Crippen LogP contribution in [0.15, 0.2) is 0 Å². The number of alkyl carbamates (subject to hydrolysis) is 1. The van der Waals surface area contributed by atoms with Gasteiger partial charge in [0.25, 0.3) is 0 Å². The molecule has 1 amide bonds. The third-order valence-electron chi connectivity index (χ3n) is 3.05. The van der Waals surface area contributed by atoms with Crippen LogP contribution < -0.4 is 10.6 Å². The predicted octanol–water partition coefficient (Wildman–Crippen LogP) is 0.900. The Morgan fingerprint density at radius 1 is 1.63 bits per heavy atom. The highest BCUT2D eigenvalue weighted by Gasteiger charge is 2.25. The molecule has 1 aromatic heterocycles. The number of hydrogen-bond acceptors (Lipinski definition) is 7. The monoisotopic (exact) mass is 285 g/mol. The van der Waals surface area contributed by atoms with Crippen molar-refractivity contribution in [3.63, 3.8) is 0 Å². The average molecular weight is 285 g/mol. The maximum absolute atomic E-state index is 11.1. The molecule has 8 heteroatoms. The normalized spacial score (nSPS) is 19.4. The van der Waals surface area contributed by atoms with Crippen LogP contribution in [0.2, 0.25) is 0 Å². The molecule has 2 heterocycles. The highest BCUT2D eigenvalue weighted by molar-refractivity contribution is 7.10. The summed E-state index contributed by atoms with van der Waals surface area (Å²) in [7, 11) is 1.38. The van der Waals surface area contributed by atoms with Crippen molar-refractivity contribution in [2.45, 2.75) is 25.9 Å². The Balaban J connectivity index is 1.84. The minimum absolute atomic E-state index is 0.154. The summed E-state index contributed by atoms with van der Waals surface area (Å²) in [5, 5.41) is 11.3. The number of carbonyl (C=O) groups is 1. The smallest absolute Gasteiger partial charge is 0.407 e. The van der Waals surface area contributed by atoms with Crippen LogP contribution in [0, 0.1) is 0 Å². The highest BCUT2D eigenvalue weighted by Crippen LogP contribution is 2.21. The Bertz CT molecular complexity index is 425. The number of carbonyl (C=O) groups excluding carboxylic acids is 1. The first kappa shape index (κ1) is 14.0. The van der Waals surface area contributed by atoms with Gasteiger partial charge < -0.3 is 15.4 Å². The van der Waals surface area contributed by atoms with Crippen molar-refractivity contribution in [1.82, 2.24) is 19.8 Å². The fourth-order valence-electron chi connectivity index (χ4n) is 2.14. The maximum Gasteiger partial charge on any atom is 0.407 e. The number of anilines is 1. The molecular weight excluding hydrogens is 266 g/mol. The molecule has 0 saturated carbocycles. The van der Waals surface area contributed by atoms with Crippen LogP contribution in [0.3, 0.4) is 0 Å². The van der Waals surface area contributed by atoms with Crippen LogP contribution in [0.25, 0.3) is 0 Å². The molecule has 2 rings (SSSR count). The van der Waals surface area contributed by atoms with Crippen molar-refractivity contribution in [2.24, 2.45) is 0 Å². The molecular formula is C11H19N5O2S. The van der Waals surface area contributed by atoms with Crippen LogP contribution in [-0.2, 0) is 11.3 Å². The SMILES string of the molecule is CCNc1snnc1CN1CCC(NC(=O)OC)C1. The van der Waals surface area contributed by atoms with E-state index in [1.807, 2.05) is 0 Å². The molecule has 106 valence electrons. The van der Waals surface area contributed by atoms with Crippen LogP contribution in [0.5, 0.6) is 0 Å². The lowest BCUT2D eigenvalue weighted by atomic mass is 10.3. The second-order valence-electron chi connectivity index (χ2n) is 4.44. The van der Waals surface area contributed by atoms with E-state index in [2.05, 4.69) is 36.8 Å². The lowest BCUT2D eigenvalue weighted by molar-refractivity contribution is 0.166. The number of ether oxygens (including phenoxy) is 1. The molecule has 1 unspecified atom stereocenters. The summed E-state index contributed by atoms with van der Waals surface area (Å²) in [6.07, 6.45) is 0.568. The van der Waals surface area contributed by atoms with E-state index < -0.39 is 0 Å². The highest BCUT2D eigenvalue weighted by atomic mass is 32.1. The first-order valence-electron chi connectivity index (χ1n) is 6.34. The number of amides is 1. The van der Waals surface area contributed by atoms with Gasteiger partial charge in [0.15, 0.2) is 0 Å². The van der Waals surface area contributed by atoms with E-state index in [1.54, 1.807) is 0 Å². The maximum atomic E-state index is 11.1. The molecule has 7 nitrogen and oxygen atoms in total. The van der Waals surface area contributed by atoms with Crippen molar-refractivity contribution in [3.8, 4) is 0 Å². The molecule has 0 bridgehead atoms. The lowest BCUT2D eigenvalue weighted by Gasteiger charge is -2.15. The Labute approximate surface area is 116 Å². The summed E-state index contributed by atoms with van der Waals surface area (Å²) >= 11 is 1.38. The zero-order chi connectivity index (χ0) is 13.7. The molecule has 0 aliphatic carbocycles. The number of aromatic nitrogens is 2. The van der Waals surface area contributed by atoms with Crippen molar-refractivity contribution in [3.05, 3.63) is 5.69 Å². The Morgan fingerprint density at radius 2 is 2.47 bits per heavy atom. The zero-order valence-corrected chi connectivity index (χ0v) is 12.0. The fourth-order valence-corrected chi connectivity index (χ4v) is 2.78. The summed E-state index contributed by atoms with van der Waals surface area (Å²) in [6, 6.07) is 0.154. The van der Waals surface area contributed by atoms with E-state index in [0.29, 0.717) is 0 Å². The number of rotatable bonds is 5. The topological polar surface area (TPSA) is 79.4 Å². The van der Waals surface area contributed by atoms with Gasteiger partial charge >= 0.3 is 6.09 Å². The van der Waals surface area contributed by atoms with Gasteiger partial charge in [0.2, 0.25) is 0 Å². The minimum atomic E-state index is -0.365. The standard InChI is InChI=1S/C11H19N5O2S/c1-3-12-10-9(14-15-19-10)7-16-5-4-8(6-16)13-11(17)18-2/h8,12H,3-7H2,1-2H3,(H,13,17). The molecule has 1 atom stereocenters. The van der Waals surface area contributed by atoms with Gasteiger partial charge in [-0.3, -0.25) is 4.90 Å². The molecule has 1 aliphatic heterocycles. The second kappa shape index (κ2) is 6.67. The number of hydrogen-bond donors (Lipinski definition) is 2.